The fraction of sp³-hybridized carbons (Fsp3) is 0.130. The third-order valence-corrected chi connectivity index (χ3v) is 5.00. The Hall–Kier alpha value is -4.18. The molecule has 0 atom stereocenters. The second-order valence-corrected chi connectivity index (χ2v) is 7.19. The molecule has 4 rings (SSSR count). The van der Waals surface area contributed by atoms with Crippen LogP contribution in [0.3, 0.4) is 0 Å². The number of nitriles is 1. The molecule has 2 heterocycles. The van der Waals surface area contributed by atoms with E-state index in [1.54, 1.807) is 37.3 Å². The predicted molar refractivity (Wildman–Crippen MR) is 115 cm³/mol. The Morgan fingerprint density at radius 1 is 1.17 bits per heavy atom. The highest BCUT2D eigenvalue weighted by atomic mass is 16.6. The van der Waals surface area contributed by atoms with E-state index in [2.05, 4.69) is 16.0 Å². The number of aromatic amines is 1. The van der Waals surface area contributed by atoms with E-state index in [1.165, 1.54) is 6.07 Å². The van der Waals surface area contributed by atoms with E-state index >= 15 is 0 Å². The molecule has 0 unspecified atom stereocenters. The number of allylic oxidation sites excluding steroid dienone is 1. The molecule has 4 aromatic rings. The second-order valence-electron chi connectivity index (χ2n) is 7.19. The maximum absolute atomic E-state index is 11.4. The topological polar surface area (TPSA) is 109 Å². The molecule has 2 aromatic heterocycles. The highest BCUT2D eigenvalue weighted by Crippen LogP contribution is 2.33. The maximum atomic E-state index is 11.4. The van der Waals surface area contributed by atoms with Crippen LogP contribution >= 0.6 is 0 Å². The van der Waals surface area contributed by atoms with Crippen LogP contribution in [-0.4, -0.2) is 14.9 Å². The first kappa shape index (κ1) is 19.2. The lowest BCUT2D eigenvalue weighted by Gasteiger charge is -2.01. The van der Waals surface area contributed by atoms with Crippen LogP contribution < -0.4 is 0 Å². The fourth-order valence-corrected chi connectivity index (χ4v) is 3.27. The van der Waals surface area contributed by atoms with Crippen molar-refractivity contribution >= 4 is 28.4 Å². The third-order valence-electron chi connectivity index (χ3n) is 5.00. The van der Waals surface area contributed by atoms with Crippen LogP contribution in [0.2, 0.25) is 0 Å². The normalized spacial score (nSPS) is 11.6. The molecule has 0 fully saturated rings. The number of fused-ring (bicyclic) bond motifs is 1. The van der Waals surface area contributed by atoms with Crippen LogP contribution in [0, 0.1) is 42.2 Å². The van der Waals surface area contributed by atoms with Crippen molar-refractivity contribution in [2.45, 2.75) is 20.8 Å². The molecule has 0 spiro atoms. The zero-order valence-corrected chi connectivity index (χ0v) is 16.7. The summed E-state index contributed by atoms with van der Waals surface area (Å²) in [5, 5.41) is 21.0. The minimum absolute atomic E-state index is 0.0246. The van der Waals surface area contributed by atoms with Crippen molar-refractivity contribution in [1.82, 2.24) is 9.97 Å². The van der Waals surface area contributed by atoms with Crippen LogP contribution in [-0.2, 0) is 0 Å². The van der Waals surface area contributed by atoms with E-state index in [1.807, 2.05) is 26.0 Å². The van der Waals surface area contributed by atoms with Crippen molar-refractivity contribution in [3.05, 3.63) is 80.9 Å². The average Bonchev–Trinajstić information content (AvgIpc) is 3.33. The second kappa shape index (κ2) is 7.33. The zero-order valence-electron chi connectivity index (χ0n) is 16.7. The maximum Gasteiger partial charge on any atom is 0.280 e. The van der Waals surface area contributed by atoms with Gasteiger partial charge in [0.15, 0.2) is 0 Å². The zero-order chi connectivity index (χ0) is 21.4. The van der Waals surface area contributed by atoms with Crippen molar-refractivity contribution in [3.63, 3.8) is 0 Å². The van der Waals surface area contributed by atoms with Gasteiger partial charge in [-0.3, -0.25) is 10.1 Å². The van der Waals surface area contributed by atoms with Gasteiger partial charge in [0.25, 0.3) is 5.69 Å². The molecule has 0 aliphatic heterocycles. The van der Waals surface area contributed by atoms with Gasteiger partial charge in [0, 0.05) is 12.1 Å². The molecular formula is C23H18N4O3. The Bertz CT molecular complexity index is 1330. The Labute approximate surface area is 172 Å². The Kier molecular flexibility index (Phi) is 4.68. The number of nitro groups is 1. The molecule has 0 aliphatic rings. The summed E-state index contributed by atoms with van der Waals surface area (Å²) >= 11 is 0. The van der Waals surface area contributed by atoms with Gasteiger partial charge < -0.3 is 9.40 Å². The molecule has 7 heteroatoms. The van der Waals surface area contributed by atoms with Gasteiger partial charge in [0.1, 0.15) is 23.4 Å². The first-order valence-corrected chi connectivity index (χ1v) is 9.30. The van der Waals surface area contributed by atoms with Gasteiger partial charge in [-0.15, -0.1) is 0 Å². The summed E-state index contributed by atoms with van der Waals surface area (Å²) in [7, 11) is 0. The van der Waals surface area contributed by atoms with Gasteiger partial charge in [-0.2, -0.15) is 5.26 Å². The van der Waals surface area contributed by atoms with Crippen LogP contribution in [0.1, 0.15) is 28.3 Å². The quantitative estimate of drug-likeness (QED) is 0.269. The van der Waals surface area contributed by atoms with Crippen LogP contribution in [0.15, 0.2) is 46.9 Å². The van der Waals surface area contributed by atoms with Gasteiger partial charge in [-0.05, 0) is 67.8 Å². The van der Waals surface area contributed by atoms with Crippen molar-refractivity contribution in [2.24, 2.45) is 0 Å². The van der Waals surface area contributed by atoms with E-state index in [4.69, 9.17) is 4.42 Å². The summed E-state index contributed by atoms with van der Waals surface area (Å²) in [5.41, 5.74) is 5.35. The predicted octanol–water partition coefficient (Wildman–Crippen LogP) is 5.72. The molecule has 2 aromatic carbocycles. The average molecular weight is 398 g/mol. The van der Waals surface area contributed by atoms with E-state index in [-0.39, 0.29) is 5.69 Å². The van der Waals surface area contributed by atoms with Gasteiger partial charge in [-0.25, -0.2) is 4.98 Å². The number of rotatable bonds is 4. The molecule has 0 radical (unpaired) electrons. The van der Waals surface area contributed by atoms with Gasteiger partial charge in [0.05, 0.1) is 27.1 Å². The van der Waals surface area contributed by atoms with Gasteiger partial charge >= 0.3 is 0 Å². The number of hydrogen-bond donors (Lipinski definition) is 1. The summed E-state index contributed by atoms with van der Waals surface area (Å²) < 4.78 is 5.79. The van der Waals surface area contributed by atoms with E-state index < -0.39 is 4.92 Å². The SMILES string of the molecule is Cc1ccc(-c2ccc(/C=C(\C#N)c3nc4cc(C)c(C)cc4[nH]3)o2)c([N+](=O)[O-])c1. The van der Waals surface area contributed by atoms with E-state index in [9.17, 15) is 15.4 Å². The Balaban J connectivity index is 1.73. The lowest BCUT2D eigenvalue weighted by molar-refractivity contribution is -0.384. The van der Waals surface area contributed by atoms with Crippen molar-refractivity contribution < 1.29 is 9.34 Å². The summed E-state index contributed by atoms with van der Waals surface area (Å²) in [6, 6.07) is 14.4. The van der Waals surface area contributed by atoms with Crippen molar-refractivity contribution in [1.29, 1.82) is 5.26 Å². The molecule has 0 bridgehead atoms. The molecule has 7 nitrogen and oxygen atoms in total. The van der Waals surface area contributed by atoms with Crippen molar-refractivity contribution in [3.8, 4) is 17.4 Å². The lowest BCUT2D eigenvalue weighted by Crippen LogP contribution is -1.92. The Morgan fingerprint density at radius 3 is 2.67 bits per heavy atom. The fourth-order valence-electron chi connectivity index (χ4n) is 3.27. The molecule has 0 saturated carbocycles. The summed E-state index contributed by atoms with van der Waals surface area (Å²) in [6.45, 7) is 5.83. The molecule has 1 N–H and O–H groups in total. The summed E-state index contributed by atoms with van der Waals surface area (Å²) in [4.78, 5) is 18.6. The van der Waals surface area contributed by atoms with E-state index in [0.29, 0.717) is 28.5 Å². The highest BCUT2D eigenvalue weighted by molar-refractivity contribution is 5.90. The molecule has 148 valence electrons. The number of hydrogen-bond acceptors (Lipinski definition) is 5. The number of nitrogens with one attached hydrogen (secondary N) is 1. The molecule has 0 saturated heterocycles. The molecular weight excluding hydrogens is 380 g/mol. The number of benzene rings is 2. The Morgan fingerprint density at radius 2 is 1.93 bits per heavy atom. The van der Waals surface area contributed by atoms with Crippen LogP contribution in [0.4, 0.5) is 5.69 Å². The number of aryl methyl sites for hydroxylation is 3. The molecule has 0 aliphatic carbocycles. The van der Waals surface area contributed by atoms with Gasteiger partial charge in [0.2, 0.25) is 0 Å². The smallest absolute Gasteiger partial charge is 0.280 e. The lowest BCUT2D eigenvalue weighted by atomic mass is 10.1. The van der Waals surface area contributed by atoms with Crippen molar-refractivity contribution in [2.75, 3.05) is 0 Å². The number of imidazole rings is 1. The molecule has 30 heavy (non-hydrogen) atoms. The third kappa shape index (κ3) is 3.47. The number of nitro benzene ring substituents is 1. The summed E-state index contributed by atoms with van der Waals surface area (Å²) in [5.74, 6) is 1.21. The molecule has 0 amide bonds. The largest absolute Gasteiger partial charge is 0.456 e. The van der Waals surface area contributed by atoms with Crippen LogP contribution in [0.25, 0.3) is 34.0 Å². The van der Waals surface area contributed by atoms with Gasteiger partial charge in [-0.1, -0.05) is 6.07 Å². The minimum atomic E-state index is -0.431. The standard InChI is InChI=1S/C23H18N4O3/c1-13-4-6-18(21(8-13)27(28)29)22-7-5-17(30-22)11-16(12-24)23-25-19-9-14(2)15(3)10-20(19)26-23/h4-11H,1-3H3,(H,25,26)/b16-11+. The number of nitrogens with zero attached hydrogens (tertiary/aromatic N) is 3. The number of aromatic nitrogens is 2. The van der Waals surface area contributed by atoms with Crippen LogP contribution in [0.5, 0.6) is 0 Å². The highest BCUT2D eigenvalue weighted by Gasteiger charge is 2.18. The summed E-state index contributed by atoms with van der Waals surface area (Å²) in [6.07, 6.45) is 1.57. The monoisotopic (exact) mass is 398 g/mol. The van der Waals surface area contributed by atoms with E-state index in [0.717, 1.165) is 27.7 Å². The first-order valence-electron chi connectivity index (χ1n) is 9.30. The number of furan rings is 1. The first-order chi connectivity index (χ1) is 14.4. The number of H-pyrrole nitrogens is 1. The minimum Gasteiger partial charge on any atom is -0.456 e.